The molecule has 0 spiro atoms. The highest BCUT2D eigenvalue weighted by Crippen LogP contribution is 2.40. The summed E-state index contributed by atoms with van der Waals surface area (Å²) < 4.78 is 0. The Morgan fingerprint density at radius 3 is 1.54 bits per heavy atom. The summed E-state index contributed by atoms with van der Waals surface area (Å²) in [6.07, 6.45) is 2.62. The highest BCUT2D eigenvalue weighted by molar-refractivity contribution is 5.83. The summed E-state index contributed by atoms with van der Waals surface area (Å²) in [6.45, 7) is 26.7. The molecule has 5 aromatic rings. The number of para-hydroxylation sites is 1. The van der Waals surface area contributed by atoms with Crippen LogP contribution in [0.2, 0.25) is 0 Å². The fourth-order valence-electron chi connectivity index (χ4n) is 6.97. The van der Waals surface area contributed by atoms with Crippen LogP contribution in [0.15, 0.2) is 91.1 Å². The van der Waals surface area contributed by atoms with Crippen LogP contribution in [0.5, 0.6) is 5.75 Å². The Bertz CT molecular complexity index is 1860. The molecule has 1 heterocycles. The molecule has 4 N–H and O–H groups in total. The molecule has 4 heteroatoms. The van der Waals surface area contributed by atoms with Crippen molar-refractivity contribution in [3.63, 3.8) is 0 Å². The second-order valence-electron chi connectivity index (χ2n) is 18.4. The zero-order valence-electron chi connectivity index (χ0n) is 32.5. The van der Waals surface area contributed by atoms with Gasteiger partial charge in [0.15, 0.2) is 0 Å². The van der Waals surface area contributed by atoms with Gasteiger partial charge in [-0.3, -0.25) is 0 Å². The van der Waals surface area contributed by atoms with Gasteiger partial charge in [-0.25, -0.2) is 0 Å². The number of aliphatic hydroxyl groups is 1. The third-order valence-corrected chi connectivity index (χ3v) is 10.4. The number of aromatic nitrogens is 1. The Balaban J connectivity index is 1.70. The number of nitrogens with one attached hydrogen (secondary N) is 2. The molecule has 0 unspecified atom stereocenters. The van der Waals surface area contributed by atoms with Crippen LogP contribution in [0.3, 0.4) is 0 Å². The van der Waals surface area contributed by atoms with E-state index in [1.807, 2.05) is 6.07 Å². The topological polar surface area (TPSA) is 68.3 Å². The predicted octanol–water partition coefficient (Wildman–Crippen LogP) is 10.7. The maximum absolute atomic E-state index is 13.5. The lowest BCUT2D eigenvalue weighted by molar-refractivity contribution is 0.0361. The van der Waals surface area contributed by atoms with Gasteiger partial charge in [0.05, 0.1) is 0 Å². The van der Waals surface area contributed by atoms with E-state index in [1.165, 1.54) is 16.7 Å². The van der Waals surface area contributed by atoms with Gasteiger partial charge in [-0.15, -0.1) is 0 Å². The number of rotatable bonds is 8. The second kappa shape index (κ2) is 13.4. The van der Waals surface area contributed by atoms with Gasteiger partial charge in [0, 0.05) is 35.2 Å². The first-order valence-corrected chi connectivity index (χ1v) is 18.2. The average Bonchev–Trinajstić information content (AvgIpc) is 3.44. The minimum Gasteiger partial charge on any atom is -0.507 e. The zero-order valence-corrected chi connectivity index (χ0v) is 32.5. The highest BCUT2D eigenvalue weighted by atomic mass is 16.3. The van der Waals surface area contributed by atoms with E-state index in [2.05, 4.69) is 178 Å². The number of H-pyrrole nitrogens is 1. The normalized spacial score (nSPS) is 13.9. The number of aromatic amines is 1. The molecule has 1 atom stereocenters. The predicted molar refractivity (Wildman–Crippen MR) is 211 cm³/mol. The molecule has 50 heavy (non-hydrogen) atoms. The number of aromatic hydroxyl groups is 1. The van der Waals surface area contributed by atoms with Gasteiger partial charge in [0.1, 0.15) is 11.4 Å². The molecule has 1 aromatic heterocycles. The largest absolute Gasteiger partial charge is 0.507 e. The van der Waals surface area contributed by atoms with E-state index in [9.17, 15) is 10.2 Å². The van der Waals surface area contributed by atoms with Crippen LogP contribution in [0.4, 0.5) is 0 Å². The van der Waals surface area contributed by atoms with Gasteiger partial charge in [-0.2, -0.15) is 0 Å². The molecule has 0 fully saturated rings. The molecule has 0 saturated heterocycles. The first-order valence-electron chi connectivity index (χ1n) is 18.2. The Morgan fingerprint density at radius 2 is 1.06 bits per heavy atom. The maximum Gasteiger partial charge on any atom is 0.130 e. The minimum absolute atomic E-state index is 0.0208. The molecule has 0 aliphatic carbocycles. The van der Waals surface area contributed by atoms with Crippen molar-refractivity contribution in [2.45, 2.75) is 129 Å². The molecule has 5 rings (SSSR count). The first-order chi connectivity index (χ1) is 23.1. The zero-order chi connectivity index (χ0) is 36.9. The molecule has 0 amide bonds. The van der Waals surface area contributed by atoms with Gasteiger partial charge in [-0.1, -0.05) is 162 Å². The second-order valence-corrected chi connectivity index (χ2v) is 18.4. The molecule has 266 valence electrons. The lowest BCUT2D eigenvalue weighted by Crippen LogP contribution is -2.50. The summed E-state index contributed by atoms with van der Waals surface area (Å²) in [5.41, 5.74) is 7.43. The van der Waals surface area contributed by atoms with E-state index < -0.39 is 11.6 Å². The number of phenols is 1. The lowest BCUT2D eigenvalue weighted by atomic mass is 9.75. The summed E-state index contributed by atoms with van der Waals surface area (Å²) in [7, 11) is 0. The van der Waals surface area contributed by atoms with Crippen molar-refractivity contribution in [3.05, 3.63) is 136 Å². The van der Waals surface area contributed by atoms with Crippen molar-refractivity contribution in [1.82, 2.24) is 10.3 Å². The number of phenolic OH excluding ortho intramolecular Hbond substituents is 1. The van der Waals surface area contributed by atoms with Crippen molar-refractivity contribution in [3.8, 4) is 5.75 Å². The van der Waals surface area contributed by atoms with E-state index in [0.717, 1.165) is 38.7 Å². The van der Waals surface area contributed by atoms with Crippen LogP contribution in [0.1, 0.15) is 128 Å². The minimum atomic E-state index is -1.41. The summed E-state index contributed by atoms with van der Waals surface area (Å²) in [5, 5.41) is 30.2. The van der Waals surface area contributed by atoms with Crippen molar-refractivity contribution >= 4 is 10.9 Å². The third kappa shape index (κ3) is 7.72. The average molecular weight is 673 g/mol. The van der Waals surface area contributed by atoms with Crippen molar-refractivity contribution < 1.29 is 10.2 Å². The van der Waals surface area contributed by atoms with Gasteiger partial charge >= 0.3 is 0 Å². The molecule has 0 radical (unpaired) electrons. The molecule has 0 saturated carbocycles. The van der Waals surface area contributed by atoms with E-state index in [4.69, 9.17) is 0 Å². The van der Waals surface area contributed by atoms with Crippen LogP contribution in [-0.4, -0.2) is 21.2 Å². The van der Waals surface area contributed by atoms with Crippen LogP contribution in [0.25, 0.3) is 10.9 Å². The van der Waals surface area contributed by atoms with E-state index in [0.29, 0.717) is 18.7 Å². The summed E-state index contributed by atoms with van der Waals surface area (Å²) in [5.74, 6) is 0.316. The molecule has 4 nitrogen and oxygen atoms in total. The third-order valence-electron chi connectivity index (χ3n) is 10.4. The number of hydrogen-bond acceptors (Lipinski definition) is 3. The smallest absolute Gasteiger partial charge is 0.130 e. The monoisotopic (exact) mass is 672 g/mol. The summed E-state index contributed by atoms with van der Waals surface area (Å²) in [4.78, 5) is 3.45. The van der Waals surface area contributed by atoms with Crippen molar-refractivity contribution in [1.29, 1.82) is 0 Å². The Hall–Kier alpha value is -3.86. The van der Waals surface area contributed by atoms with Crippen LogP contribution in [-0.2, 0) is 40.2 Å². The van der Waals surface area contributed by atoms with Crippen LogP contribution >= 0.6 is 0 Å². The van der Waals surface area contributed by atoms with Gasteiger partial charge < -0.3 is 20.5 Å². The Labute approximate surface area is 301 Å². The molecular formula is C46H60N2O2. The summed E-state index contributed by atoms with van der Waals surface area (Å²) in [6, 6.07) is 29.2. The number of benzene rings is 4. The first kappa shape index (κ1) is 37.4. The van der Waals surface area contributed by atoms with Gasteiger partial charge in [0.2, 0.25) is 0 Å². The van der Waals surface area contributed by atoms with E-state index >= 15 is 0 Å². The van der Waals surface area contributed by atoms with Gasteiger partial charge in [-0.05, 0) is 73.1 Å². The number of hydrogen-bond donors (Lipinski definition) is 4. The molecule has 4 aromatic carbocycles. The van der Waals surface area contributed by atoms with E-state index in [-0.39, 0.29) is 21.7 Å². The van der Waals surface area contributed by atoms with Gasteiger partial charge in [0.25, 0.3) is 0 Å². The Morgan fingerprint density at radius 1 is 0.580 bits per heavy atom. The highest BCUT2D eigenvalue weighted by Gasteiger charge is 2.41. The maximum atomic E-state index is 13.5. The molecular weight excluding hydrogens is 613 g/mol. The Kier molecular flexibility index (Phi) is 9.99. The molecule has 0 bridgehead atoms. The quantitative estimate of drug-likeness (QED) is 0.133. The van der Waals surface area contributed by atoms with Crippen molar-refractivity contribution in [2.75, 3.05) is 0 Å². The fourth-order valence-corrected chi connectivity index (χ4v) is 6.97. The van der Waals surface area contributed by atoms with E-state index in [1.54, 1.807) is 0 Å². The lowest BCUT2D eigenvalue weighted by Gasteiger charge is -2.39. The summed E-state index contributed by atoms with van der Waals surface area (Å²) >= 11 is 0. The van der Waals surface area contributed by atoms with Crippen molar-refractivity contribution in [2.24, 2.45) is 0 Å². The molecule has 0 aliphatic rings. The number of fused-ring (bicyclic) bond motifs is 1. The van der Waals surface area contributed by atoms with Crippen LogP contribution < -0.4 is 5.32 Å². The SMILES string of the molecule is CC(C)(C)c1ccc(C(O)(c2ccc(C(C)(C)C)cc2)[C@@H](Cc2c[nH]c3ccccc23)NCc2cc(C(C)(C)C)cc(C(C)(C)C)c2O)cc1. The van der Waals surface area contributed by atoms with Crippen LogP contribution in [0, 0.1) is 0 Å². The standard InChI is InChI=1S/C46H60N2O2/c1-42(2,3)32-17-21-34(22-18-32)46(50,35-23-19-33(20-24-35)43(4,5)6)40(26-30-28-47-39-16-14-13-15-37(30)39)48-29-31-25-36(44(7,8)9)27-38(41(31)49)45(10,11)12/h13-25,27-28,40,47-50H,26,29H2,1-12H3/t40-/m1/s1. The molecule has 0 aliphatic heterocycles. The fraction of sp³-hybridized carbons (Fsp3) is 0.435.